The van der Waals surface area contributed by atoms with Gasteiger partial charge in [0.2, 0.25) is 0 Å². The van der Waals surface area contributed by atoms with E-state index in [1.165, 1.54) is 5.56 Å². The van der Waals surface area contributed by atoms with E-state index in [2.05, 4.69) is 5.32 Å². The van der Waals surface area contributed by atoms with Crippen molar-refractivity contribution in [2.24, 2.45) is 0 Å². The molecule has 2 aromatic rings. The van der Waals surface area contributed by atoms with E-state index in [1.807, 2.05) is 42.5 Å². The summed E-state index contributed by atoms with van der Waals surface area (Å²) < 4.78 is 0. The number of aliphatic carboxylic acids is 1. The minimum absolute atomic E-state index is 0.353. The maximum atomic E-state index is 12.3. The lowest BCUT2D eigenvalue weighted by Crippen LogP contribution is -2.46. The number of carbonyl (C=O) groups excluding carboxylic acids is 1. The molecule has 3 N–H and O–H groups in total. The van der Waals surface area contributed by atoms with Gasteiger partial charge in [-0.05, 0) is 37.0 Å². The molecule has 0 aliphatic heterocycles. The van der Waals surface area contributed by atoms with E-state index in [0.29, 0.717) is 12.0 Å². The molecule has 126 valence electrons. The summed E-state index contributed by atoms with van der Waals surface area (Å²) in [4.78, 5) is 23.2. The fourth-order valence-corrected chi connectivity index (χ4v) is 2.31. The molecule has 0 bridgehead atoms. The van der Waals surface area contributed by atoms with Crippen molar-refractivity contribution < 1.29 is 19.8 Å². The lowest BCUT2D eigenvalue weighted by atomic mass is 9.99. The number of carboxylic acid groups (broad SMARTS) is 1. The first-order valence-corrected chi connectivity index (χ1v) is 7.76. The van der Waals surface area contributed by atoms with E-state index in [0.717, 1.165) is 18.9 Å². The minimum atomic E-state index is -1.99. The van der Waals surface area contributed by atoms with Crippen LogP contribution in [0.4, 0.5) is 0 Å². The van der Waals surface area contributed by atoms with Gasteiger partial charge in [0.25, 0.3) is 5.91 Å². The van der Waals surface area contributed by atoms with Crippen molar-refractivity contribution in [3.05, 3.63) is 71.3 Å². The largest absolute Gasteiger partial charge is 0.479 e. The Morgan fingerprint density at radius 1 is 1.00 bits per heavy atom. The second kappa shape index (κ2) is 7.75. The molecule has 1 atom stereocenters. The number of benzene rings is 2. The zero-order chi connectivity index (χ0) is 17.6. The van der Waals surface area contributed by atoms with Crippen LogP contribution in [-0.2, 0) is 17.6 Å². The van der Waals surface area contributed by atoms with Crippen molar-refractivity contribution in [2.45, 2.75) is 25.4 Å². The Labute approximate surface area is 141 Å². The van der Waals surface area contributed by atoms with Gasteiger partial charge in [0, 0.05) is 5.56 Å². The van der Waals surface area contributed by atoms with Crippen molar-refractivity contribution in [1.82, 2.24) is 5.32 Å². The van der Waals surface area contributed by atoms with Crippen LogP contribution in [0.1, 0.15) is 28.4 Å². The first kappa shape index (κ1) is 17.7. The summed E-state index contributed by atoms with van der Waals surface area (Å²) in [6.07, 6.45) is 1.50. The Morgan fingerprint density at radius 3 is 2.29 bits per heavy atom. The molecule has 0 spiro atoms. The molecule has 5 heteroatoms. The number of rotatable bonds is 7. The summed E-state index contributed by atoms with van der Waals surface area (Å²) in [7, 11) is 0. The van der Waals surface area contributed by atoms with Crippen LogP contribution < -0.4 is 5.32 Å². The molecule has 5 nitrogen and oxygen atoms in total. The van der Waals surface area contributed by atoms with Gasteiger partial charge in [0.15, 0.2) is 5.60 Å². The maximum Gasteiger partial charge on any atom is 0.337 e. The average molecular weight is 327 g/mol. The first-order chi connectivity index (χ1) is 11.4. The highest BCUT2D eigenvalue weighted by molar-refractivity contribution is 5.96. The first-order valence-electron chi connectivity index (χ1n) is 7.76. The fraction of sp³-hybridized carbons (Fsp3) is 0.263. The molecule has 0 aliphatic rings. The Morgan fingerprint density at radius 2 is 1.62 bits per heavy atom. The Hall–Kier alpha value is -2.66. The number of aliphatic hydroxyl groups is 1. The topological polar surface area (TPSA) is 86.6 Å². The van der Waals surface area contributed by atoms with Gasteiger partial charge in [-0.25, -0.2) is 4.79 Å². The predicted molar refractivity (Wildman–Crippen MR) is 90.9 cm³/mol. The van der Waals surface area contributed by atoms with Crippen molar-refractivity contribution in [3.8, 4) is 0 Å². The number of amides is 1. The summed E-state index contributed by atoms with van der Waals surface area (Å²) >= 11 is 0. The quantitative estimate of drug-likeness (QED) is 0.726. The Bertz CT molecular complexity index is 710. The van der Waals surface area contributed by atoms with E-state index in [9.17, 15) is 14.7 Å². The van der Waals surface area contributed by atoms with Crippen LogP contribution in [0.3, 0.4) is 0 Å². The molecule has 2 rings (SSSR count). The zero-order valence-electron chi connectivity index (χ0n) is 13.5. The highest BCUT2D eigenvalue weighted by atomic mass is 16.4. The van der Waals surface area contributed by atoms with Gasteiger partial charge >= 0.3 is 5.97 Å². The van der Waals surface area contributed by atoms with Crippen LogP contribution in [0.2, 0.25) is 0 Å². The van der Waals surface area contributed by atoms with Gasteiger partial charge in [-0.3, -0.25) is 4.79 Å². The summed E-state index contributed by atoms with van der Waals surface area (Å²) in [6, 6.07) is 17.2. The zero-order valence-corrected chi connectivity index (χ0v) is 13.5. The average Bonchev–Trinajstić information content (AvgIpc) is 2.59. The van der Waals surface area contributed by atoms with Gasteiger partial charge in [-0.15, -0.1) is 0 Å². The monoisotopic (exact) mass is 327 g/mol. The van der Waals surface area contributed by atoms with Crippen molar-refractivity contribution in [1.29, 1.82) is 0 Å². The predicted octanol–water partition coefficient (Wildman–Crippen LogP) is 2.04. The van der Waals surface area contributed by atoms with Crippen LogP contribution in [0.15, 0.2) is 54.6 Å². The van der Waals surface area contributed by atoms with Crippen LogP contribution >= 0.6 is 0 Å². The van der Waals surface area contributed by atoms with E-state index in [4.69, 9.17) is 5.11 Å². The smallest absolute Gasteiger partial charge is 0.337 e. The molecular formula is C19H21NO4. The number of aryl methyl sites for hydroxylation is 2. The molecule has 0 aromatic heterocycles. The highest BCUT2D eigenvalue weighted by Gasteiger charge is 2.30. The van der Waals surface area contributed by atoms with Gasteiger partial charge in [0.05, 0.1) is 6.54 Å². The van der Waals surface area contributed by atoms with Crippen LogP contribution in [0, 0.1) is 0 Å². The number of nitrogens with one attached hydrogen (secondary N) is 1. The molecule has 0 radical (unpaired) electrons. The third kappa shape index (κ3) is 4.67. The third-order valence-electron chi connectivity index (χ3n) is 3.84. The highest BCUT2D eigenvalue weighted by Crippen LogP contribution is 2.13. The van der Waals surface area contributed by atoms with Gasteiger partial charge in [-0.2, -0.15) is 0 Å². The van der Waals surface area contributed by atoms with E-state index in [-0.39, 0.29) is 12.5 Å². The fourth-order valence-electron chi connectivity index (χ4n) is 2.31. The van der Waals surface area contributed by atoms with Crippen LogP contribution in [0.25, 0.3) is 0 Å². The van der Waals surface area contributed by atoms with Crippen molar-refractivity contribution in [2.75, 3.05) is 6.54 Å². The number of hydrogen-bond donors (Lipinski definition) is 3. The molecule has 0 aliphatic carbocycles. The van der Waals surface area contributed by atoms with Gasteiger partial charge < -0.3 is 15.5 Å². The molecule has 0 saturated carbocycles. The van der Waals surface area contributed by atoms with E-state index >= 15 is 0 Å². The number of hydrogen-bond acceptors (Lipinski definition) is 3. The van der Waals surface area contributed by atoms with E-state index < -0.39 is 11.6 Å². The molecule has 1 unspecified atom stereocenters. The van der Waals surface area contributed by atoms with Crippen LogP contribution in [0.5, 0.6) is 0 Å². The molecule has 24 heavy (non-hydrogen) atoms. The van der Waals surface area contributed by atoms with E-state index in [1.54, 1.807) is 12.1 Å². The van der Waals surface area contributed by atoms with Gasteiger partial charge in [-0.1, -0.05) is 48.5 Å². The van der Waals surface area contributed by atoms with Gasteiger partial charge in [0.1, 0.15) is 0 Å². The third-order valence-corrected chi connectivity index (χ3v) is 3.84. The normalized spacial score (nSPS) is 13.1. The molecule has 0 saturated heterocycles. The molecule has 1 amide bonds. The molecular weight excluding hydrogens is 306 g/mol. The minimum Gasteiger partial charge on any atom is -0.479 e. The second-order valence-corrected chi connectivity index (χ2v) is 5.90. The lowest BCUT2D eigenvalue weighted by Gasteiger charge is -2.19. The Kier molecular flexibility index (Phi) is 5.71. The summed E-state index contributed by atoms with van der Waals surface area (Å²) in [5.74, 6) is -1.76. The summed E-state index contributed by atoms with van der Waals surface area (Å²) in [6.45, 7) is 0.797. The second-order valence-electron chi connectivity index (χ2n) is 5.90. The number of carboxylic acids is 1. The molecule has 2 aromatic carbocycles. The Balaban J connectivity index is 2.05. The maximum absolute atomic E-state index is 12.3. The van der Waals surface area contributed by atoms with Crippen molar-refractivity contribution in [3.63, 3.8) is 0 Å². The van der Waals surface area contributed by atoms with Crippen molar-refractivity contribution >= 4 is 11.9 Å². The summed E-state index contributed by atoms with van der Waals surface area (Å²) in [5, 5.41) is 21.1. The SMILES string of the molecule is CC(O)(CNC(=O)c1ccccc1CCc1ccccc1)C(=O)O. The summed E-state index contributed by atoms with van der Waals surface area (Å²) in [5.41, 5.74) is 0.569. The molecule has 0 fully saturated rings. The van der Waals surface area contributed by atoms with Crippen LogP contribution in [-0.4, -0.2) is 34.2 Å². The lowest BCUT2D eigenvalue weighted by molar-refractivity contribution is -0.155. The number of carbonyl (C=O) groups is 2. The standard InChI is InChI=1S/C19H21NO4/c1-19(24,18(22)23)13-20-17(21)16-10-6-5-9-15(16)12-11-14-7-3-2-4-8-14/h2-10,24H,11-13H2,1H3,(H,20,21)(H,22,23). The molecule has 0 heterocycles.